The molecule has 0 aliphatic carbocycles. The lowest BCUT2D eigenvalue weighted by atomic mass is 10.1. The zero-order chi connectivity index (χ0) is 12.0. The van der Waals surface area contributed by atoms with E-state index >= 15 is 0 Å². The number of hydrogen-bond acceptors (Lipinski definition) is 3. The zero-order valence-electron chi connectivity index (χ0n) is 10.8. The minimum Gasteiger partial charge on any atom is -0.344 e. The lowest BCUT2D eigenvalue weighted by Crippen LogP contribution is -2.56. The summed E-state index contributed by atoms with van der Waals surface area (Å²) in [6, 6.07) is 0.0281. The number of amides is 1. The molecule has 0 radical (unpaired) electrons. The fraction of sp³-hybridized carbons (Fsp3) is 0.917. The van der Waals surface area contributed by atoms with Gasteiger partial charge in [-0.3, -0.25) is 9.69 Å². The molecule has 0 spiro atoms. The molecule has 1 aliphatic heterocycles. The van der Waals surface area contributed by atoms with Crippen LogP contribution in [0.5, 0.6) is 0 Å². The van der Waals surface area contributed by atoms with Crippen LogP contribution in [0.2, 0.25) is 0 Å². The fourth-order valence-corrected chi connectivity index (χ4v) is 2.05. The predicted molar refractivity (Wildman–Crippen MR) is 66.4 cm³/mol. The van der Waals surface area contributed by atoms with Crippen LogP contribution in [-0.2, 0) is 4.79 Å². The molecular weight excluding hydrogens is 202 g/mol. The van der Waals surface area contributed by atoms with Gasteiger partial charge < -0.3 is 10.2 Å². The van der Waals surface area contributed by atoms with Crippen LogP contribution in [0.1, 0.15) is 26.2 Å². The van der Waals surface area contributed by atoms with Gasteiger partial charge in [-0.15, -0.1) is 0 Å². The summed E-state index contributed by atoms with van der Waals surface area (Å²) >= 11 is 0. The summed E-state index contributed by atoms with van der Waals surface area (Å²) in [7, 11) is 3.95. The molecule has 1 rings (SSSR count). The Morgan fingerprint density at radius 1 is 1.50 bits per heavy atom. The smallest absolute Gasteiger partial charge is 0.240 e. The van der Waals surface area contributed by atoms with Crippen LogP contribution in [0.15, 0.2) is 0 Å². The van der Waals surface area contributed by atoms with E-state index in [1.54, 1.807) is 0 Å². The molecule has 1 saturated heterocycles. The number of nitrogens with one attached hydrogen (secondary N) is 1. The van der Waals surface area contributed by atoms with Gasteiger partial charge >= 0.3 is 0 Å². The molecule has 4 nitrogen and oxygen atoms in total. The van der Waals surface area contributed by atoms with E-state index in [1.807, 2.05) is 19.0 Å². The minimum atomic E-state index is 0.0281. The van der Waals surface area contributed by atoms with Gasteiger partial charge in [0.1, 0.15) is 6.04 Å². The van der Waals surface area contributed by atoms with Crippen molar-refractivity contribution in [3.05, 3.63) is 0 Å². The van der Waals surface area contributed by atoms with Crippen LogP contribution >= 0.6 is 0 Å². The van der Waals surface area contributed by atoms with Crippen molar-refractivity contribution in [1.82, 2.24) is 15.1 Å². The molecule has 0 saturated carbocycles. The molecule has 94 valence electrons. The lowest BCUT2D eigenvalue weighted by Gasteiger charge is -2.34. The molecule has 0 aromatic carbocycles. The van der Waals surface area contributed by atoms with E-state index in [0.29, 0.717) is 0 Å². The van der Waals surface area contributed by atoms with E-state index < -0.39 is 0 Å². The Balaban J connectivity index is 2.36. The summed E-state index contributed by atoms with van der Waals surface area (Å²) < 4.78 is 0. The van der Waals surface area contributed by atoms with E-state index in [9.17, 15) is 4.79 Å². The third-order valence-electron chi connectivity index (χ3n) is 3.27. The number of nitrogens with zero attached hydrogens (tertiary/aromatic N) is 2. The Bertz CT molecular complexity index is 220. The van der Waals surface area contributed by atoms with Gasteiger partial charge in [-0.2, -0.15) is 0 Å². The third-order valence-corrected chi connectivity index (χ3v) is 3.27. The molecule has 0 aromatic rings. The number of hydrogen-bond donors (Lipinski definition) is 1. The first-order valence-electron chi connectivity index (χ1n) is 6.32. The van der Waals surface area contributed by atoms with E-state index in [2.05, 4.69) is 17.1 Å². The highest BCUT2D eigenvalue weighted by Crippen LogP contribution is 2.05. The molecule has 0 bridgehead atoms. The lowest BCUT2D eigenvalue weighted by molar-refractivity contribution is -0.135. The van der Waals surface area contributed by atoms with Crippen molar-refractivity contribution >= 4 is 5.91 Å². The molecule has 1 unspecified atom stereocenters. The number of carbonyl (C=O) groups is 1. The van der Waals surface area contributed by atoms with Gasteiger partial charge in [0.15, 0.2) is 0 Å². The highest BCUT2D eigenvalue weighted by molar-refractivity contribution is 5.82. The van der Waals surface area contributed by atoms with Crippen molar-refractivity contribution in [2.75, 3.05) is 40.3 Å². The number of piperazine rings is 1. The molecule has 1 fully saturated rings. The highest BCUT2D eigenvalue weighted by Gasteiger charge is 2.27. The normalized spacial score (nSPS) is 22.1. The first-order valence-corrected chi connectivity index (χ1v) is 6.32. The van der Waals surface area contributed by atoms with E-state index in [0.717, 1.165) is 32.6 Å². The summed E-state index contributed by atoms with van der Waals surface area (Å²) in [6.45, 7) is 5.80. The SMILES string of the molecule is CCCCCN(C)C(=O)C1CNCCN1C. The van der Waals surface area contributed by atoms with E-state index in [-0.39, 0.29) is 11.9 Å². The molecular formula is C12H25N3O. The van der Waals surface area contributed by atoms with Crippen LogP contribution in [0.4, 0.5) is 0 Å². The van der Waals surface area contributed by atoms with Crippen molar-refractivity contribution in [2.24, 2.45) is 0 Å². The van der Waals surface area contributed by atoms with Gasteiger partial charge in [0.2, 0.25) is 5.91 Å². The van der Waals surface area contributed by atoms with Crippen molar-refractivity contribution in [3.63, 3.8) is 0 Å². The number of rotatable bonds is 5. The van der Waals surface area contributed by atoms with E-state index in [1.165, 1.54) is 12.8 Å². The Morgan fingerprint density at radius 3 is 2.88 bits per heavy atom. The van der Waals surface area contributed by atoms with Crippen molar-refractivity contribution in [2.45, 2.75) is 32.2 Å². The Hall–Kier alpha value is -0.610. The van der Waals surface area contributed by atoms with Crippen molar-refractivity contribution in [1.29, 1.82) is 0 Å². The molecule has 1 atom stereocenters. The highest BCUT2D eigenvalue weighted by atomic mass is 16.2. The monoisotopic (exact) mass is 227 g/mol. The Kier molecular flexibility index (Phi) is 5.77. The van der Waals surface area contributed by atoms with Crippen LogP contribution in [-0.4, -0.2) is 62.0 Å². The van der Waals surface area contributed by atoms with E-state index in [4.69, 9.17) is 0 Å². The average molecular weight is 227 g/mol. The molecule has 1 aliphatic rings. The molecule has 0 aromatic heterocycles. The second-order valence-corrected chi connectivity index (χ2v) is 4.67. The molecule has 1 amide bonds. The number of likely N-dealkylation sites (N-methyl/N-ethyl adjacent to an activating group) is 2. The summed E-state index contributed by atoms with van der Waals surface area (Å²) in [5.41, 5.74) is 0. The molecule has 1 N–H and O–H groups in total. The zero-order valence-corrected chi connectivity index (χ0v) is 10.8. The van der Waals surface area contributed by atoms with Crippen LogP contribution in [0, 0.1) is 0 Å². The largest absolute Gasteiger partial charge is 0.344 e. The third kappa shape index (κ3) is 3.76. The second-order valence-electron chi connectivity index (χ2n) is 4.67. The summed E-state index contributed by atoms with van der Waals surface area (Å²) in [6.07, 6.45) is 3.52. The van der Waals surface area contributed by atoms with Crippen molar-refractivity contribution in [3.8, 4) is 0 Å². The van der Waals surface area contributed by atoms with Crippen molar-refractivity contribution < 1.29 is 4.79 Å². The molecule has 4 heteroatoms. The van der Waals surface area contributed by atoms with Crippen LogP contribution in [0.25, 0.3) is 0 Å². The topological polar surface area (TPSA) is 35.6 Å². The first kappa shape index (κ1) is 13.5. The van der Waals surface area contributed by atoms with Gasteiger partial charge in [-0.25, -0.2) is 0 Å². The number of unbranched alkanes of at least 4 members (excludes halogenated alkanes) is 2. The Morgan fingerprint density at radius 2 is 2.25 bits per heavy atom. The maximum Gasteiger partial charge on any atom is 0.240 e. The maximum absolute atomic E-state index is 12.1. The fourth-order valence-electron chi connectivity index (χ4n) is 2.05. The quantitative estimate of drug-likeness (QED) is 0.696. The van der Waals surface area contributed by atoms with Gasteiger partial charge in [0.25, 0.3) is 0 Å². The van der Waals surface area contributed by atoms with Gasteiger partial charge in [-0.1, -0.05) is 19.8 Å². The maximum atomic E-state index is 12.1. The summed E-state index contributed by atoms with van der Waals surface area (Å²) in [4.78, 5) is 16.2. The minimum absolute atomic E-state index is 0.0281. The van der Waals surface area contributed by atoms with Gasteiger partial charge in [0, 0.05) is 33.2 Å². The van der Waals surface area contributed by atoms with Crippen LogP contribution in [0.3, 0.4) is 0 Å². The average Bonchev–Trinajstić information content (AvgIpc) is 2.29. The number of carbonyl (C=O) groups excluding carboxylic acids is 1. The standard InChI is InChI=1S/C12H25N3O/c1-4-5-6-8-15(3)12(16)11-10-13-7-9-14(11)2/h11,13H,4-10H2,1-3H3. The van der Waals surface area contributed by atoms with Crippen LogP contribution < -0.4 is 5.32 Å². The first-order chi connectivity index (χ1) is 7.66. The molecule has 16 heavy (non-hydrogen) atoms. The second kappa shape index (κ2) is 6.86. The van der Waals surface area contributed by atoms with Gasteiger partial charge in [0.05, 0.1) is 0 Å². The molecule has 1 heterocycles. The predicted octanol–water partition coefficient (Wildman–Crippen LogP) is 0.539. The Labute approximate surface area is 99.0 Å². The summed E-state index contributed by atoms with van der Waals surface area (Å²) in [5, 5.41) is 3.28. The van der Waals surface area contributed by atoms with Gasteiger partial charge in [-0.05, 0) is 13.5 Å². The summed E-state index contributed by atoms with van der Waals surface area (Å²) in [5.74, 6) is 0.255.